The van der Waals surface area contributed by atoms with Crippen molar-refractivity contribution in [3.8, 4) is 0 Å². The molecule has 2 aliphatic rings. The van der Waals surface area contributed by atoms with E-state index < -0.39 is 5.54 Å². The zero-order valence-electron chi connectivity index (χ0n) is 11.0. The van der Waals surface area contributed by atoms with Crippen LogP contribution >= 0.6 is 0 Å². The smallest absolute Gasteiger partial charge is 0.245 e. The Morgan fingerprint density at radius 2 is 2.53 bits per heavy atom. The standard InChI is InChI=1S/C13H20N4O2/c14-13(4-7-19-9-13)12(18)17-6-1-2-10(8-17)11-3-5-15-16-11/h3,5,10H,1-2,4,6-9,14H2,(H,15,16). The van der Waals surface area contributed by atoms with Crippen LogP contribution in [0.15, 0.2) is 12.3 Å². The Morgan fingerprint density at radius 1 is 1.63 bits per heavy atom. The second-order valence-corrected chi connectivity index (χ2v) is 5.56. The van der Waals surface area contributed by atoms with Gasteiger partial charge in [0.15, 0.2) is 0 Å². The van der Waals surface area contributed by atoms with Gasteiger partial charge in [-0.2, -0.15) is 5.10 Å². The van der Waals surface area contributed by atoms with Crippen molar-refractivity contribution in [2.75, 3.05) is 26.3 Å². The van der Waals surface area contributed by atoms with E-state index in [1.54, 1.807) is 6.20 Å². The number of nitrogens with two attached hydrogens (primary N) is 1. The van der Waals surface area contributed by atoms with Gasteiger partial charge < -0.3 is 15.4 Å². The molecule has 104 valence electrons. The van der Waals surface area contributed by atoms with Crippen molar-refractivity contribution in [2.45, 2.75) is 30.7 Å². The fourth-order valence-electron chi connectivity index (χ4n) is 2.97. The van der Waals surface area contributed by atoms with Gasteiger partial charge in [0.05, 0.1) is 6.61 Å². The number of H-pyrrole nitrogens is 1. The van der Waals surface area contributed by atoms with Crippen molar-refractivity contribution < 1.29 is 9.53 Å². The van der Waals surface area contributed by atoms with Crippen molar-refractivity contribution in [3.05, 3.63) is 18.0 Å². The molecule has 2 fully saturated rings. The summed E-state index contributed by atoms with van der Waals surface area (Å²) < 4.78 is 5.28. The number of rotatable bonds is 2. The lowest BCUT2D eigenvalue weighted by Gasteiger charge is -2.36. The average Bonchev–Trinajstić information content (AvgIpc) is 3.10. The average molecular weight is 264 g/mol. The molecule has 0 aromatic carbocycles. The van der Waals surface area contributed by atoms with E-state index >= 15 is 0 Å². The maximum atomic E-state index is 12.5. The van der Waals surface area contributed by atoms with Crippen molar-refractivity contribution >= 4 is 5.91 Å². The Balaban J connectivity index is 1.69. The first-order valence-corrected chi connectivity index (χ1v) is 6.84. The van der Waals surface area contributed by atoms with Crippen molar-refractivity contribution in [3.63, 3.8) is 0 Å². The van der Waals surface area contributed by atoms with Gasteiger partial charge in [-0.25, -0.2) is 0 Å². The molecule has 0 aliphatic carbocycles. The second kappa shape index (κ2) is 4.94. The van der Waals surface area contributed by atoms with Crippen LogP contribution in [-0.2, 0) is 9.53 Å². The molecule has 6 nitrogen and oxygen atoms in total. The highest BCUT2D eigenvalue weighted by molar-refractivity contribution is 5.86. The summed E-state index contributed by atoms with van der Waals surface area (Å²) in [6.45, 7) is 2.44. The van der Waals surface area contributed by atoms with Crippen LogP contribution in [0.4, 0.5) is 0 Å². The number of nitrogens with zero attached hydrogens (tertiary/aromatic N) is 2. The molecule has 0 radical (unpaired) electrons. The molecule has 0 saturated carbocycles. The summed E-state index contributed by atoms with van der Waals surface area (Å²) in [6.07, 6.45) is 4.47. The molecule has 2 aliphatic heterocycles. The van der Waals surface area contributed by atoms with E-state index in [4.69, 9.17) is 10.5 Å². The quantitative estimate of drug-likeness (QED) is 0.801. The van der Waals surface area contributed by atoms with Gasteiger partial charge in [-0.15, -0.1) is 0 Å². The zero-order valence-corrected chi connectivity index (χ0v) is 11.0. The lowest BCUT2D eigenvalue weighted by atomic mass is 9.91. The summed E-state index contributed by atoms with van der Waals surface area (Å²) in [6, 6.07) is 1.98. The highest BCUT2D eigenvalue weighted by atomic mass is 16.5. The second-order valence-electron chi connectivity index (χ2n) is 5.56. The van der Waals surface area contributed by atoms with Crippen LogP contribution in [0.25, 0.3) is 0 Å². The molecule has 3 heterocycles. The topological polar surface area (TPSA) is 84.2 Å². The van der Waals surface area contributed by atoms with Crippen LogP contribution in [0.3, 0.4) is 0 Å². The van der Waals surface area contributed by atoms with E-state index in [0.29, 0.717) is 25.6 Å². The lowest BCUT2D eigenvalue weighted by molar-refractivity contribution is -0.138. The minimum absolute atomic E-state index is 0.0363. The predicted molar refractivity (Wildman–Crippen MR) is 69.5 cm³/mol. The third-order valence-electron chi connectivity index (χ3n) is 4.15. The molecule has 1 amide bonds. The van der Waals surface area contributed by atoms with Crippen LogP contribution in [0, 0.1) is 0 Å². The fourth-order valence-corrected chi connectivity index (χ4v) is 2.97. The number of aromatic nitrogens is 2. The summed E-state index contributed by atoms with van der Waals surface area (Å²) in [4.78, 5) is 14.4. The summed E-state index contributed by atoms with van der Waals surface area (Å²) in [7, 11) is 0. The van der Waals surface area contributed by atoms with E-state index in [2.05, 4.69) is 10.2 Å². The van der Waals surface area contributed by atoms with Gasteiger partial charge in [0, 0.05) is 37.5 Å². The number of amides is 1. The highest BCUT2D eigenvalue weighted by Gasteiger charge is 2.42. The molecule has 6 heteroatoms. The number of hydrogen-bond donors (Lipinski definition) is 2. The molecule has 0 bridgehead atoms. The molecule has 0 spiro atoms. The van der Waals surface area contributed by atoms with Crippen LogP contribution in [-0.4, -0.2) is 52.8 Å². The van der Waals surface area contributed by atoms with Gasteiger partial charge in [0.1, 0.15) is 5.54 Å². The minimum Gasteiger partial charge on any atom is -0.379 e. The van der Waals surface area contributed by atoms with E-state index in [0.717, 1.165) is 31.6 Å². The number of likely N-dealkylation sites (tertiary alicyclic amines) is 1. The van der Waals surface area contributed by atoms with Crippen LogP contribution < -0.4 is 5.73 Å². The van der Waals surface area contributed by atoms with Gasteiger partial charge >= 0.3 is 0 Å². The maximum absolute atomic E-state index is 12.5. The third kappa shape index (κ3) is 2.37. The Labute approximate surface area is 112 Å². The first kappa shape index (κ1) is 12.6. The van der Waals surface area contributed by atoms with Gasteiger partial charge in [0.25, 0.3) is 0 Å². The van der Waals surface area contributed by atoms with Gasteiger partial charge in [-0.05, 0) is 25.3 Å². The number of carbonyl (C=O) groups excluding carboxylic acids is 1. The molecule has 2 saturated heterocycles. The first-order chi connectivity index (χ1) is 9.19. The van der Waals surface area contributed by atoms with E-state index in [-0.39, 0.29) is 5.91 Å². The molecule has 1 aromatic rings. The monoisotopic (exact) mass is 264 g/mol. The van der Waals surface area contributed by atoms with Crippen molar-refractivity contribution in [1.82, 2.24) is 15.1 Å². The maximum Gasteiger partial charge on any atom is 0.245 e. The molecule has 2 unspecified atom stereocenters. The number of hydrogen-bond acceptors (Lipinski definition) is 4. The predicted octanol–water partition coefficient (Wildman–Crippen LogP) is 0.233. The van der Waals surface area contributed by atoms with Crippen molar-refractivity contribution in [2.24, 2.45) is 5.73 Å². The highest BCUT2D eigenvalue weighted by Crippen LogP contribution is 2.28. The Hall–Kier alpha value is -1.40. The number of piperidine rings is 1. The summed E-state index contributed by atoms with van der Waals surface area (Å²) in [5.74, 6) is 0.375. The summed E-state index contributed by atoms with van der Waals surface area (Å²) in [5, 5.41) is 6.99. The molecule has 3 N–H and O–H groups in total. The van der Waals surface area contributed by atoms with Crippen molar-refractivity contribution in [1.29, 1.82) is 0 Å². The minimum atomic E-state index is -0.810. The molecular weight excluding hydrogens is 244 g/mol. The van der Waals surface area contributed by atoms with E-state index in [1.807, 2.05) is 11.0 Å². The lowest BCUT2D eigenvalue weighted by Crippen LogP contribution is -2.57. The largest absolute Gasteiger partial charge is 0.379 e. The molecule has 3 rings (SSSR count). The summed E-state index contributed by atoms with van der Waals surface area (Å²) >= 11 is 0. The Bertz CT molecular complexity index is 440. The molecule has 2 atom stereocenters. The van der Waals surface area contributed by atoms with Gasteiger partial charge in [-0.1, -0.05) is 0 Å². The van der Waals surface area contributed by atoms with Crippen LogP contribution in [0.2, 0.25) is 0 Å². The van der Waals surface area contributed by atoms with Gasteiger partial charge in [-0.3, -0.25) is 9.89 Å². The van der Waals surface area contributed by atoms with Crippen LogP contribution in [0.5, 0.6) is 0 Å². The zero-order chi connectivity index (χ0) is 13.3. The molecule has 19 heavy (non-hydrogen) atoms. The normalized spacial score (nSPS) is 31.6. The van der Waals surface area contributed by atoms with Crippen LogP contribution in [0.1, 0.15) is 30.9 Å². The number of aromatic amines is 1. The third-order valence-corrected chi connectivity index (χ3v) is 4.15. The molecule has 1 aromatic heterocycles. The SMILES string of the molecule is NC1(C(=O)N2CCCC(c3ccn[nH]3)C2)CCOC1. The van der Waals surface area contributed by atoms with Gasteiger partial charge in [0.2, 0.25) is 5.91 Å². The van der Waals surface area contributed by atoms with E-state index in [1.165, 1.54) is 0 Å². The molecular formula is C13H20N4O2. The number of carbonyl (C=O) groups is 1. The Kier molecular flexibility index (Phi) is 3.28. The summed E-state index contributed by atoms with van der Waals surface area (Å²) in [5.41, 5.74) is 6.45. The Morgan fingerprint density at radius 3 is 3.21 bits per heavy atom. The first-order valence-electron chi connectivity index (χ1n) is 6.84. The van der Waals surface area contributed by atoms with E-state index in [9.17, 15) is 4.79 Å². The number of ether oxygens (including phenoxy) is 1. The number of nitrogens with one attached hydrogen (secondary N) is 1. The fraction of sp³-hybridized carbons (Fsp3) is 0.692.